The van der Waals surface area contributed by atoms with Gasteiger partial charge < -0.3 is 15.4 Å². The molecule has 0 aromatic carbocycles. The molecule has 1 amide bonds. The molecule has 2 aliphatic rings. The van der Waals surface area contributed by atoms with Crippen molar-refractivity contribution in [2.75, 3.05) is 13.2 Å². The largest absolute Gasteiger partial charge is 0.374 e. The highest BCUT2D eigenvalue weighted by molar-refractivity contribution is 5.82. The fraction of sp³-hybridized carbons (Fsp3) is 0.929. The van der Waals surface area contributed by atoms with Crippen LogP contribution in [0.25, 0.3) is 0 Å². The molecule has 0 aromatic rings. The highest BCUT2D eigenvalue weighted by Crippen LogP contribution is 2.29. The lowest BCUT2D eigenvalue weighted by Gasteiger charge is -2.44. The summed E-state index contributed by atoms with van der Waals surface area (Å²) >= 11 is 0. The number of rotatable bonds is 3. The number of nitrogens with two attached hydrogens (primary N) is 1. The number of nitrogens with zero attached hydrogens (tertiary/aromatic N) is 1. The number of amides is 1. The van der Waals surface area contributed by atoms with E-state index in [4.69, 9.17) is 10.5 Å². The van der Waals surface area contributed by atoms with Gasteiger partial charge in [0, 0.05) is 6.54 Å². The average Bonchev–Trinajstić information content (AvgIpc) is 2.36. The van der Waals surface area contributed by atoms with E-state index in [-0.39, 0.29) is 24.1 Å². The van der Waals surface area contributed by atoms with E-state index in [1.807, 2.05) is 4.90 Å². The Morgan fingerprint density at radius 2 is 2.11 bits per heavy atom. The summed E-state index contributed by atoms with van der Waals surface area (Å²) in [7, 11) is 0. The highest BCUT2D eigenvalue weighted by atomic mass is 16.5. The van der Waals surface area contributed by atoms with Crippen molar-refractivity contribution < 1.29 is 9.53 Å². The average molecular weight is 254 g/mol. The van der Waals surface area contributed by atoms with Crippen LogP contribution in [0.3, 0.4) is 0 Å². The van der Waals surface area contributed by atoms with Gasteiger partial charge in [-0.2, -0.15) is 0 Å². The van der Waals surface area contributed by atoms with E-state index in [9.17, 15) is 4.79 Å². The van der Waals surface area contributed by atoms with Gasteiger partial charge in [0.15, 0.2) is 0 Å². The molecule has 4 nitrogen and oxygen atoms in total. The molecule has 18 heavy (non-hydrogen) atoms. The van der Waals surface area contributed by atoms with Crippen LogP contribution in [-0.2, 0) is 9.53 Å². The maximum Gasteiger partial charge on any atom is 0.239 e. The van der Waals surface area contributed by atoms with Gasteiger partial charge in [0.1, 0.15) is 0 Å². The third-order valence-electron chi connectivity index (χ3n) is 4.06. The molecule has 0 spiro atoms. The Kier molecular flexibility index (Phi) is 4.62. The molecule has 3 unspecified atom stereocenters. The molecule has 104 valence electrons. The van der Waals surface area contributed by atoms with Gasteiger partial charge in [-0.15, -0.1) is 0 Å². The van der Waals surface area contributed by atoms with E-state index < -0.39 is 0 Å². The molecular weight excluding hydrogens is 228 g/mol. The fourth-order valence-electron chi connectivity index (χ4n) is 3.19. The standard InChI is InChI=1S/C14H26N2O2/c1-10(2)9-11(15)14(17)16-7-8-18-13-6-4-3-5-12(13)16/h10-13H,3-9,15H2,1-2H3. The molecule has 2 fully saturated rings. The topological polar surface area (TPSA) is 55.6 Å². The second kappa shape index (κ2) is 6.02. The van der Waals surface area contributed by atoms with Crippen LogP contribution in [0.2, 0.25) is 0 Å². The van der Waals surface area contributed by atoms with Crippen molar-refractivity contribution >= 4 is 5.91 Å². The summed E-state index contributed by atoms with van der Waals surface area (Å²) in [5.41, 5.74) is 6.04. The molecule has 2 N–H and O–H groups in total. The maximum absolute atomic E-state index is 12.4. The van der Waals surface area contributed by atoms with Crippen LogP contribution >= 0.6 is 0 Å². The molecular formula is C14H26N2O2. The second-order valence-corrected chi connectivity index (χ2v) is 6.03. The normalized spacial score (nSPS) is 30.1. The first-order valence-corrected chi connectivity index (χ1v) is 7.27. The molecule has 0 aromatic heterocycles. The van der Waals surface area contributed by atoms with Gasteiger partial charge in [-0.3, -0.25) is 4.79 Å². The van der Waals surface area contributed by atoms with E-state index in [1.165, 1.54) is 12.8 Å². The predicted molar refractivity (Wildman–Crippen MR) is 71.1 cm³/mol. The number of carbonyl (C=O) groups excluding carboxylic acids is 1. The Bertz CT molecular complexity index is 292. The molecule has 0 bridgehead atoms. The first-order chi connectivity index (χ1) is 8.59. The Morgan fingerprint density at radius 3 is 2.83 bits per heavy atom. The zero-order valence-electron chi connectivity index (χ0n) is 11.6. The van der Waals surface area contributed by atoms with E-state index in [0.29, 0.717) is 19.1 Å². The molecule has 1 aliphatic carbocycles. The number of hydrogen-bond acceptors (Lipinski definition) is 3. The van der Waals surface area contributed by atoms with Crippen molar-refractivity contribution in [1.82, 2.24) is 4.90 Å². The monoisotopic (exact) mass is 254 g/mol. The summed E-state index contributed by atoms with van der Waals surface area (Å²) in [6.45, 7) is 5.60. The molecule has 0 radical (unpaired) electrons. The third-order valence-corrected chi connectivity index (χ3v) is 4.06. The van der Waals surface area contributed by atoms with E-state index >= 15 is 0 Å². The fourth-order valence-corrected chi connectivity index (χ4v) is 3.19. The van der Waals surface area contributed by atoms with E-state index in [2.05, 4.69) is 13.8 Å². The maximum atomic E-state index is 12.4. The second-order valence-electron chi connectivity index (χ2n) is 6.03. The molecule has 2 rings (SSSR count). The first-order valence-electron chi connectivity index (χ1n) is 7.27. The zero-order chi connectivity index (χ0) is 13.1. The molecule has 1 saturated carbocycles. The Labute approximate surface area is 110 Å². The van der Waals surface area contributed by atoms with Gasteiger partial charge in [0.2, 0.25) is 5.91 Å². The van der Waals surface area contributed by atoms with Gasteiger partial charge in [0.25, 0.3) is 0 Å². The number of fused-ring (bicyclic) bond motifs is 1. The summed E-state index contributed by atoms with van der Waals surface area (Å²) in [6.07, 6.45) is 5.61. The summed E-state index contributed by atoms with van der Waals surface area (Å²) in [4.78, 5) is 14.4. The molecule has 1 heterocycles. The van der Waals surface area contributed by atoms with Gasteiger partial charge in [-0.1, -0.05) is 26.7 Å². The van der Waals surface area contributed by atoms with Crippen LogP contribution in [0, 0.1) is 5.92 Å². The van der Waals surface area contributed by atoms with Crippen molar-refractivity contribution in [2.24, 2.45) is 11.7 Å². The van der Waals surface area contributed by atoms with Crippen LogP contribution in [0.5, 0.6) is 0 Å². The van der Waals surface area contributed by atoms with E-state index in [0.717, 1.165) is 19.3 Å². The smallest absolute Gasteiger partial charge is 0.239 e. The third kappa shape index (κ3) is 3.04. The summed E-state index contributed by atoms with van der Waals surface area (Å²) in [5.74, 6) is 0.594. The highest BCUT2D eigenvalue weighted by Gasteiger charge is 2.38. The quantitative estimate of drug-likeness (QED) is 0.831. The minimum absolute atomic E-state index is 0.129. The summed E-state index contributed by atoms with van der Waals surface area (Å²) < 4.78 is 5.79. The van der Waals surface area contributed by atoms with Gasteiger partial charge in [0.05, 0.1) is 24.8 Å². The van der Waals surface area contributed by atoms with Crippen LogP contribution in [0.4, 0.5) is 0 Å². The Hall–Kier alpha value is -0.610. The van der Waals surface area contributed by atoms with Crippen molar-refractivity contribution in [3.05, 3.63) is 0 Å². The van der Waals surface area contributed by atoms with E-state index in [1.54, 1.807) is 0 Å². The Morgan fingerprint density at radius 1 is 1.39 bits per heavy atom. The van der Waals surface area contributed by atoms with Crippen LogP contribution in [-0.4, -0.2) is 42.1 Å². The van der Waals surface area contributed by atoms with Crippen LogP contribution in [0.1, 0.15) is 46.0 Å². The lowest BCUT2D eigenvalue weighted by molar-refractivity contribution is -0.151. The van der Waals surface area contributed by atoms with Crippen LogP contribution in [0.15, 0.2) is 0 Å². The SMILES string of the molecule is CC(C)CC(N)C(=O)N1CCOC2CCCCC21. The number of morpholine rings is 1. The minimum atomic E-state index is -0.342. The van der Waals surface area contributed by atoms with Crippen molar-refractivity contribution in [3.8, 4) is 0 Å². The van der Waals surface area contributed by atoms with Crippen molar-refractivity contribution in [1.29, 1.82) is 0 Å². The van der Waals surface area contributed by atoms with Gasteiger partial charge >= 0.3 is 0 Å². The molecule has 1 saturated heterocycles. The number of carbonyl (C=O) groups is 1. The number of hydrogen-bond donors (Lipinski definition) is 1. The molecule has 3 atom stereocenters. The van der Waals surface area contributed by atoms with Gasteiger partial charge in [-0.25, -0.2) is 0 Å². The van der Waals surface area contributed by atoms with Gasteiger partial charge in [-0.05, 0) is 25.2 Å². The first kappa shape index (κ1) is 13.8. The van der Waals surface area contributed by atoms with Crippen molar-refractivity contribution in [3.63, 3.8) is 0 Å². The lowest BCUT2D eigenvalue weighted by atomic mass is 9.89. The van der Waals surface area contributed by atoms with Crippen molar-refractivity contribution in [2.45, 2.75) is 64.1 Å². The predicted octanol–water partition coefficient (Wildman–Crippen LogP) is 1.53. The molecule has 1 aliphatic heterocycles. The zero-order valence-corrected chi connectivity index (χ0v) is 11.6. The summed E-state index contributed by atoms with van der Waals surface area (Å²) in [5, 5.41) is 0. The minimum Gasteiger partial charge on any atom is -0.374 e. The number of ether oxygens (including phenoxy) is 1. The lowest BCUT2D eigenvalue weighted by Crippen LogP contribution is -2.58. The Balaban J connectivity index is 1.99. The van der Waals surface area contributed by atoms with Crippen LogP contribution < -0.4 is 5.73 Å². The summed E-state index contributed by atoms with van der Waals surface area (Å²) in [6, 6.07) is -0.0658. The molecule has 4 heteroatoms.